The maximum Gasteiger partial charge on any atom is 0.138 e. The Bertz CT molecular complexity index is 753. The van der Waals surface area contributed by atoms with E-state index in [-0.39, 0.29) is 0 Å². The smallest absolute Gasteiger partial charge is 0.138 e. The van der Waals surface area contributed by atoms with Gasteiger partial charge in [0.25, 0.3) is 0 Å². The predicted molar refractivity (Wildman–Crippen MR) is 80.9 cm³/mol. The lowest BCUT2D eigenvalue weighted by atomic mass is 10.2. The molecule has 2 aromatic carbocycles. The summed E-state index contributed by atoms with van der Waals surface area (Å²) in [7, 11) is 0. The minimum Gasteiger partial charge on any atom is -0.457 e. The molecule has 20 heavy (non-hydrogen) atoms. The molecule has 3 rings (SSSR count). The lowest BCUT2D eigenvalue weighted by Crippen LogP contribution is -1.96. The second-order valence-electron chi connectivity index (χ2n) is 4.73. The molecule has 0 fully saturated rings. The summed E-state index contributed by atoms with van der Waals surface area (Å²) in [5.74, 6) is 1.62. The molecule has 0 radical (unpaired) electrons. The van der Waals surface area contributed by atoms with E-state index in [4.69, 9.17) is 10.5 Å². The Labute approximate surface area is 118 Å². The minimum atomic E-state index is 0.507. The van der Waals surface area contributed by atoms with Crippen molar-refractivity contribution in [2.75, 3.05) is 0 Å². The molecule has 0 saturated heterocycles. The molecule has 1 aromatic heterocycles. The van der Waals surface area contributed by atoms with Gasteiger partial charge in [-0.2, -0.15) is 0 Å². The number of benzene rings is 2. The Hall–Kier alpha value is -2.39. The standard InChI is InChI=1S/C17H16N2O/c1-12-9-17(15-7-2-3-8-16(15)19-12)20-14-6-4-5-13(10-14)11-18/h2-10H,11,18H2,1H3. The van der Waals surface area contributed by atoms with Gasteiger partial charge in [0.1, 0.15) is 11.5 Å². The van der Waals surface area contributed by atoms with Crippen LogP contribution in [0.1, 0.15) is 11.3 Å². The highest BCUT2D eigenvalue weighted by atomic mass is 16.5. The summed E-state index contributed by atoms with van der Waals surface area (Å²) in [6, 6.07) is 17.8. The fourth-order valence-electron chi connectivity index (χ4n) is 2.22. The molecule has 2 N–H and O–H groups in total. The third-order valence-electron chi connectivity index (χ3n) is 3.17. The fourth-order valence-corrected chi connectivity index (χ4v) is 2.22. The zero-order chi connectivity index (χ0) is 13.9. The Morgan fingerprint density at radius 3 is 2.75 bits per heavy atom. The maximum absolute atomic E-state index is 6.02. The molecule has 3 nitrogen and oxygen atoms in total. The van der Waals surface area contributed by atoms with Crippen molar-refractivity contribution in [3.8, 4) is 11.5 Å². The monoisotopic (exact) mass is 264 g/mol. The number of aryl methyl sites for hydroxylation is 1. The predicted octanol–water partition coefficient (Wildman–Crippen LogP) is 3.79. The third-order valence-corrected chi connectivity index (χ3v) is 3.17. The second kappa shape index (κ2) is 5.31. The van der Waals surface area contributed by atoms with Crippen LogP contribution in [0.5, 0.6) is 11.5 Å². The van der Waals surface area contributed by atoms with E-state index in [1.54, 1.807) is 0 Å². The highest BCUT2D eigenvalue weighted by Gasteiger charge is 2.06. The molecule has 0 aliphatic rings. The molecule has 0 amide bonds. The molecule has 0 saturated carbocycles. The van der Waals surface area contributed by atoms with Gasteiger partial charge in [0, 0.05) is 23.7 Å². The lowest BCUT2D eigenvalue weighted by Gasteiger charge is -2.10. The number of ether oxygens (including phenoxy) is 1. The van der Waals surface area contributed by atoms with Crippen molar-refractivity contribution in [3.05, 3.63) is 65.9 Å². The van der Waals surface area contributed by atoms with E-state index in [2.05, 4.69) is 4.98 Å². The van der Waals surface area contributed by atoms with Crippen LogP contribution < -0.4 is 10.5 Å². The number of nitrogens with two attached hydrogens (primary N) is 1. The van der Waals surface area contributed by atoms with Gasteiger partial charge >= 0.3 is 0 Å². The van der Waals surface area contributed by atoms with Gasteiger partial charge in [-0.3, -0.25) is 4.98 Å². The van der Waals surface area contributed by atoms with Crippen molar-refractivity contribution >= 4 is 10.9 Å². The molecule has 0 atom stereocenters. The van der Waals surface area contributed by atoms with Gasteiger partial charge in [-0.1, -0.05) is 24.3 Å². The highest BCUT2D eigenvalue weighted by Crippen LogP contribution is 2.30. The Morgan fingerprint density at radius 2 is 1.90 bits per heavy atom. The number of pyridine rings is 1. The molecular weight excluding hydrogens is 248 g/mol. The van der Waals surface area contributed by atoms with Crippen molar-refractivity contribution in [1.82, 2.24) is 4.98 Å². The number of fused-ring (bicyclic) bond motifs is 1. The van der Waals surface area contributed by atoms with Crippen LogP contribution in [0.15, 0.2) is 54.6 Å². The van der Waals surface area contributed by atoms with Gasteiger partial charge < -0.3 is 10.5 Å². The van der Waals surface area contributed by atoms with E-state index in [1.165, 1.54) is 0 Å². The summed E-state index contributed by atoms with van der Waals surface area (Å²) < 4.78 is 6.02. The molecule has 3 aromatic rings. The fraction of sp³-hybridized carbons (Fsp3) is 0.118. The quantitative estimate of drug-likeness (QED) is 0.782. The molecule has 1 heterocycles. The number of aromatic nitrogens is 1. The van der Waals surface area contributed by atoms with Gasteiger partial charge in [0.15, 0.2) is 0 Å². The lowest BCUT2D eigenvalue weighted by molar-refractivity contribution is 0.486. The number of nitrogens with zero attached hydrogens (tertiary/aromatic N) is 1. The van der Waals surface area contributed by atoms with Crippen LogP contribution in [0.2, 0.25) is 0 Å². The van der Waals surface area contributed by atoms with Crippen LogP contribution in [0.3, 0.4) is 0 Å². The van der Waals surface area contributed by atoms with Crippen LogP contribution in [0.25, 0.3) is 10.9 Å². The SMILES string of the molecule is Cc1cc(Oc2cccc(CN)c2)c2ccccc2n1. The Morgan fingerprint density at radius 1 is 1.05 bits per heavy atom. The molecular formula is C17H16N2O. The third kappa shape index (κ3) is 2.49. The topological polar surface area (TPSA) is 48.1 Å². The van der Waals surface area contributed by atoms with Gasteiger partial charge in [0.2, 0.25) is 0 Å². The number of hydrogen-bond donors (Lipinski definition) is 1. The number of para-hydroxylation sites is 1. The summed E-state index contributed by atoms with van der Waals surface area (Å²) in [4.78, 5) is 4.51. The second-order valence-corrected chi connectivity index (χ2v) is 4.73. The van der Waals surface area contributed by atoms with Crippen LogP contribution >= 0.6 is 0 Å². The summed E-state index contributed by atoms with van der Waals surface area (Å²) >= 11 is 0. The highest BCUT2D eigenvalue weighted by molar-refractivity contribution is 5.85. The maximum atomic E-state index is 6.02. The van der Waals surface area contributed by atoms with Gasteiger partial charge in [-0.05, 0) is 36.8 Å². The summed E-state index contributed by atoms with van der Waals surface area (Å²) in [5.41, 5.74) is 8.60. The summed E-state index contributed by atoms with van der Waals surface area (Å²) in [5, 5.41) is 1.01. The number of rotatable bonds is 3. The van der Waals surface area contributed by atoms with E-state index in [0.29, 0.717) is 6.54 Å². The van der Waals surface area contributed by atoms with E-state index >= 15 is 0 Å². The summed E-state index contributed by atoms with van der Waals surface area (Å²) in [6.45, 7) is 2.48. The van der Waals surface area contributed by atoms with E-state index in [1.807, 2.05) is 61.5 Å². The molecule has 0 aliphatic heterocycles. The molecule has 0 bridgehead atoms. The molecule has 0 spiro atoms. The van der Waals surface area contributed by atoms with Crippen LogP contribution in [0, 0.1) is 6.92 Å². The first-order chi connectivity index (χ1) is 9.76. The van der Waals surface area contributed by atoms with Crippen molar-refractivity contribution in [3.63, 3.8) is 0 Å². The first-order valence-electron chi connectivity index (χ1n) is 6.59. The zero-order valence-electron chi connectivity index (χ0n) is 11.3. The average molecular weight is 264 g/mol. The normalized spacial score (nSPS) is 10.7. The first kappa shape index (κ1) is 12.6. The average Bonchev–Trinajstić information content (AvgIpc) is 2.47. The largest absolute Gasteiger partial charge is 0.457 e. The van der Waals surface area contributed by atoms with E-state index in [9.17, 15) is 0 Å². The first-order valence-corrected chi connectivity index (χ1v) is 6.59. The van der Waals surface area contributed by atoms with Crippen molar-refractivity contribution in [2.24, 2.45) is 5.73 Å². The molecule has 100 valence electrons. The van der Waals surface area contributed by atoms with Crippen molar-refractivity contribution < 1.29 is 4.74 Å². The van der Waals surface area contributed by atoms with Gasteiger partial charge in [-0.15, -0.1) is 0 Å². The number of hydrogen-bond acceptors (Lipinski definition) is 3. The van der Waals surface area contributed by atoms with Crippen molar-refractivity contribution in [2.45, 2.75) is 13.5 Å². The molecule has 0 aliphatic carbocycles. The van der Waals surface area contributed by atoms with Crippen LogP contribution in [-0.2, 0) is 6.54 Å². The molecule has 0 unspecified atom stereocenters. The van der Waals surface area contributed by atoms with Crippen LogP contribution in [0.4, 0.5) is 0 Å². The summed E-state index contributed by atoms with van der Waals surface area (Å²) in [6.07, 6.45) is 0. The van der Waals surface area contributed by atoms with Gasteiger partial charge in [0.05, 0.1) is 5.52 Å². The minimum absolute atomic E-state index is 0.507. The zero-order valence-corrected chi connectivity index (χ0v) is 11.3. The van der Waals surface area contributed by atoms with Gasteiger partial charge in [-0.25, -0.2) is 0 Å². The van der Waals surface area contributed by atoms with Crippen molar-refractivity contribution in [1.29, 1.82) is 0 Å². The Kier molecular flexibility index (Phi) is 3.35. The van der Waals surface area contributed by atoms with Crippen LogP contribution in [-0.4, -0.2) is 4.98 Å². The molecule has 3 heteroatoms. The Balaban J connectivity index is 2.05. The van der Waals surface area contributed by atoms with E-state index < -0.39 is 0 Å². The van der Waals surface area contributed by atoms with E-state index in [0.717, 1.165) is 33.7 Å².